The molecule has 1 aromatic rings. The summed E-state index contributed by atoms with van der Waals surface area (Å²) < 4.78 is 27.4. The van der Waals surface area contributed by atoms with Gasteiger partial charge in [0.1, 0.15) is 4.90 Å². The minimum Gasteiger partial charge on any atom is -0.382 e. The molecular formula is C17H28N4O4S. The Bertz CT molecular complexity index is 728. The topological polar surface area (TPSA) is 95.8 Å². The molecule has 146 valence electrons. The zero-order valence-corrected chi connectivity index (χ0v) is 16.5. The zero-order valence-electron chi connectivity index (χ0n) is 15.6. The molecule has 1 aliphatic heterocycles. The molecule has 8 nitrogen and oxygen atoms in total. The summed E-state index contributed by atoms with van der Waals surface area (Å²) >= 11 is 0. The van der Waals surface area contributed by atoms with Crippen molar-refractivity contribution >= 4 is 21.4 Å². The van der Waals surface area contributed by atoms with Gasteiger partial charge in [-0.05, 0) is 38.9 Å². The second kappa shape index (κ2) is 8.79. The predicted molar refractivity (Wildman–Crippen MR) is 102 cm³/mol. The van der Waals surface area contributed by atoms with E-state index in [0.29, 0.717) is 25.3 Å². The van der Waals surface area contributed by atoms with Gasteiger partial charge in [0.2, 0.25) is 10.0 Å². The number of nitro benzene ring substituents is 1. The molecule has 0 amide bonds. The average Bonchev–Trinajstić information content (AvgIpc) is 3.16. The second-order valence-electron chi connectivity index (χ2n) is 6.50. The van der Waals surface area contributed by atoms with Crippen LogP contribution in [0.3, 0.4) is 0 Å². The van der Waals surface area contributed by atoms with E-state index in [1.807, 2.05) is 0 Å². The van der Waals surface area contributed by atoms with Gasteiger partial charge >= 0.3 is 0 Å². The Kier molecular flexibility index (Phi) is 6.96. The summed E-state index contributed by atoms with van der Waals surface area (Å²) in [6, 6.07) is 4.21. The molecule has 0 radical (unpaired) electrons. The molecule has 1 fully saturated rings. The van der Waals surface area contributed by atoms with Crippen molar-refractivity contribution in [2.24, 2.45) is 0 Å². The summed E-state index contributed by atoms with van der Waals surface area (Å²) in [6.07, 6.45) is 1.63. The molecule has 1 atom stereocenters. The van der Waals surface area contributed by atoms with Gasteiger partial charge in [0.25, 0.3) is 5.69 Å². The van der Waals surface area contributed by atoms with Crippen LogP contribution in [0, 0.1) is 10.1 Å². The van der Waals surface area contributed by atoms with Crippen LogP contribution in [0.25, 0.3) is 0 Å². The molecule has 0 aliphatic carbocycles. The van der Waals surface area contributed by atoms with Gasteiger partial charge in [-0.15, -0.1) is 0 Å². The van der Waals surface area contributed by atoms with Gasteiger partial charge in [0, 0.05) is 37.8 Å². The summed E-state index contributed by atoms with van der Waals surface area (Å²) in [5.41, 5.74) is 0.201. The van der Waals surface area contributed by atoms with Gasteiger partial charge < -0.3 is 5.32 Å². The molecule has 2 rings (SSSR count). The van der Waals surface area contributed by atoms with Crippen molar-refractivity contribution < 1.29 is 13.3 Å². The second-order valence-corrected chi connectivity index (χ2v) is 8.41. The fourth-order valence-corrected chi connectivity index (χ4v) is 4.99. The number of likely N-dealkylation sites (N-methyl/N-ethyl adjacent to an activating group) is 1. The smallest absolute Gasteiger partial charge is 0.270 e. The highest BCUT2D eigenvalue weighted by Crippen LogP contribution is 2.30. The van der Waals surface area contributed by atoms with E-state index in [4.69, 9.17) is 0 Å². The Morgan fingerprint density at radius 2 is 1.88 bits per heavy atom. The third-order valence-electron chi connectivity index (χ3n) is 4.88. The molecular weight excluding hydrogens is 356 g/mol. The van der Waals surface area contributed by atoms with E-state index in [1.165, 1.54) is 16.4 Å². The molecule has 0 bridgehead atoms. The maximum absolute atomic E-state index is 13.0. The van der Waals surface area contributed by atoms with Crippen molar-refractivity contribution in [3.05, 3.63) is 28.3 Å². The number of hydrogen-bond donors (Lipinski definition) is 1. The number of rotatable bonds is 9. The Hall–Kier alpha value is -1.71. The van der Waals surface area contributed by atoms with Crippen LogP contribution in [-0.4, -0.2) is 61.3 Å². The highest BCUT2D eigenvalue weighted by molar-refractivity contribution is 7.89. The molecule has 1 aliphatic rings. The van der Waals surface area contributed by atoms with Crippen molar-refractivity contribution in [1.29, 1.82) is 0 Å². The lowest BCUT2D eigenvalue weighted by Crippen LogP contribution is -2.38. The zero-order chi connectivity index (χ0) is 19.3. The molecule has 1 heterocycles. The molecule has 26 heavy (non-hydrogen) atoms. The molecule has 0 aromatic heterocycles. The van der Waals surface area contributed by atoms with Crippen LogP contribution in [0.1, 0.15) is 33.6 Å². The fourth-order valence-electron chi connectivity index (χ4n) is 3.29. The van der Waals surface area contributed by atoms with E-state index in [0.717, 1.165) is 32.0 Å². The number of nitro groups is 1. The molecule has 9 heteroatoms. The van der Waals surface area contributed by atoms with E-state index in [-0.39, 0.29) is 16.6 Å². The first-order chi connectivity index (χ1) is 12.3. The molecule has 1 N–H and O–H groups in total. The van der Waals surface area contributed by atoms with E-state index in [2.05, 4.69) is 31.0 Å². The Labute approximate surface area is 155 Å². The van der Waals surface area contributed by atoms with Crippen molar-refractivity contribution in [2.45, 2.75) is 44.6 Å². The van der Waals surface area contributed by atoms with E-state index >= 15 is 0 Å². The maximum atomic E-state index is 13.0. The summed E-state index contributed by atoms with van der Waals surface area (Å²) in [5.74, 6) is 0. The summed E-state index contributed by atoms with van der Waals surface area (Å²) in [4.78, 5) is 12.8. The van der Waals surface area contributed by atoms with E-state index in [1.54, 1.807) is 0 Å². The third kappa shape index (κ3) is 4.52. The van der Waals surface area contributed by atoms with Gasteiger partial charge in [-0.1, -0.05) is 13.8 Å². The first-order valence-electron chi connectivity index (χ1n) is 9.07. The lowest BCUT2D eigenvalue weighted by Gasteiger charge is -2.27. The monoisotopic (exact) mass is 384 g/mol. The molecule has 0 unspecified atom stereocenters. The van der Waals surface area contributed by atoms with Crippen molar-refractivity contribution in [3.8, 4) is 0 Å². The standard InChI is InChI=1S/C17H28N4O4S/c1-4-19(5-2)14(3)13-18-16-9-8-15(21(22)23)12-17(16)26(24,25)20-10-6-7-11-20/h8-9,12,14,18H,4-7,10-11,13H2,1-3H3/t14-/m1/s1. The van der Waals surface area contributed by atoms with Gasteiger partial charge in [-0.2, -0.15) is 4.31 Å². The highest BCUT2D eigenvalue weighted by Gasteiger charge is 2.31. The first kappa shape index (κ1) is 20.6. The number of non-ortho nitro benzene ring substituents is 1. The molecule has 0 spiro atoms. The minimum atomic E-state index is -3.75. The van der Waals surface area contributed by atoms with Crippen molar-refractivity contribution in [2.75, 3.05) is 38.0 Å². The fraction of sp³-hybridized carbons (Fsp3) is 0.647. The molecule has 1 saturated heterocycles. The number of sulfonamides is 1. The molecule has 0 saturated carbocycles. The quantitative estimate of drug-likeness (QED) is 0.519. The Morgan fingerprint density at radius 1 is 1.27 bits per heavy atom. The summed E-state index contributed by atoms with van der Waals surface area (Å²) in [6.45, 7) is 9.50. The number of nitrogens with one attached hydrogen (secondary N) is 1. The van der Waals surface area contributed by atoms with E-state index in [9.17, 15) is 18.5 Å². The lowest BCUT2D eigenvalue weighted by molar-refractivity contribution is -0.385. The Balaban J connectivity index is 2.32. The van der Waals surface area contributed by atoms with Gasteiger partial charge in [0.05, 0.1) is 10.6 Å². The number of anilines is 1. The third-order valence-corrected chi connectivity index (χ3v) is 6.82. The van der Waals surface area contributed by atoms with Crippen LogP contribution in [0.2, 0.25) is 0 Å². The number of nitrogens with zero attached hydrogens (tertiary/aromatic N) is 3. The minimum absolute atomic E-state index is 0.0136. The van der Waals surface area contributed by atoms with Crippen molar-refractivity contribution in [1.82, 2.24) is 9.21 Å². The van der Waals surface area contributed by atoms with Crippen LogP contribution in [0.5, 0.6) is 0 Å². The number of hydrogen-bond acceptors (Lipinski definition) is 6. The summed E-state index contributed by atoms with van der Waals surface area (Å²) in [5, 5.41) is 14.3. The first-order valence-corrected chi connectivity index (χ1v) is 10.5. The summed E-state index contributed by atoms with van der Waals surface area (Å²) in [7, 11) is -3.75. The average molecular weight is 385 g/mol. The number of benzene rings is 1. The Morgan fingerprint density at radius 3 is 2.42 bits per heavy atom. The van der Waals surface area contributed by atoms with Crippen LogP contribution in [-0.2, 0) is 10.0 Å². The largest absolute Gasteiger partial charge is 0.382 e. The molecule has 1 aromatic carbocycles. The predicted octanol–water partition coefficient (Wildman–Crippen LogP) is 2.52. The van der Waals surface area contributed by atoms with Crippen LogP contribution >= 0.6 is 0 Å². The van der Waals surface area contributed by atoms with Crippen LogP contribution < -0.4 is 5.32 Å². The van der Waals surface area contributed by atoms with Gasteiger partial charge in [0.15, 0.2) is 0 Å². The van der Waals surface area contributed by atoms with Gasteiger partial charge in [-0.25, -0.2) is 8.42 Å². The van der Waals surface area contributed by atoms with E-state index < -0.39 is 14.9 Å². The maximum Gasteiger partial charge on any atom is 0.270 e. The van der Waals surface area contributed by atoms with Gasteiger partial charge in [-0.3, -0.25) is 15.0 Å². The van der Waals surface area contributed by atoms with Crippen molar-refractivity contribution in [3.63, 3.8) is 0 Å². The highest BCUT2D eigenvalue weighted by atomic mass is 32.2. The van der Waals surface area contributed by atoms with Crippen LogP contribution in [0.4, 0.5) is 11.4 Å². The normalized spacial score (nSPS) is 16.8. The SMILES string of the molecule is CCN(CC)[C@H](C)CNc1ccc([N+](=O)[O-])cc1S(=O)(=O)N1CCCC1. The van der Waals surface area contributed by atoms with Crippen LogP contribution in [0.15, 0.2) is 23.1 Å². The lowest BCUT2D eigenvalue weighted by atomic mass is 10.2.